The highest BCUT2D eigenvalue weighted by atomic mass is 79.9. The number of nitrogens with one attached hydrogen (secondary N) is 1. The van der Waals surface area contributed by atoms with E-state index in [1.807, 2.05) is 19.9 Å². The largest absolute Gasteiger partial charge is 0.468 e. The Morgan fingerprint density at radius 2 is 2.29 bits per heavy atom. The van der Waals surface area contributed by atoms with Gasteiger partial charge in [-0.2, -0.15) is 0 Å². The molecule has 0 atom stereocenters. The number of aromatic nitrogens is 2. The van der Waals surface area contributed by atoms with Crippen molar-refractivity contribution in [3.05, 3.63) is 28.9 Å². The van der Waals surface area contributed by atoms with Gasteiger partial charge in [0.05, 0.1) is 15.6 Å². The molecule has 0 aliphatic heterocycles. The summed E-state index contributed by atoms with van der Waals surface area (Å²) in [4.78, 5) is 9.50. The van der Waals surface area contributed by atoms with Crippen molar-refractivity contribution in [2.24, 2.45) is 0 Å². The molecular formula is C11H12BrN3OS. The lowest BCUT2D eigenvalue weighted by Gasteiger charge is -2.07. The normalized spacial score (nSPS) is 10.5. The number of halogens is 1. The van der Waals surface area contributed by atoms with Gasteiger partial charge < -0.3 is 9.73 Å². The minimum atomic E-state index is 0.811. The molecule has 17 heavy (non-hydrogen) atoms. The van der Waals surface area contributed by atoms with E-state index in [9.17, 15) is 0 Å². The fraction of sp³-hybridized carbons (Fsp3) is 0.273. The van der Waals surface area contributed by atoms with Crippen LogP contribution in [-0.4, -0.2) is 16.5 Å². The average Bonchev–Trinajstić information content (AvgIpc) is 2.70. The first-order valence-corrected chi connectivity index (χ1v) is 6.79. The Labute approximate surface area is 112 Å². The molecule has 2 aromatic rings. The second-order valence-corrected chi connectivity index (χ2v) is 5.14. The zero-order chi connectivity index (χ0) is 12.3. The van der Waals surface area contributed by atoms with Crippen molar-refractivity contribution >= 4 is 33.5 Å². The molecule has 0 spiro atoms. The van der Waals surface area contributed by atoms with Crippen LogP contribution in [-0.2, 0) is 0 Å². The maximum atomic E-state index is 5.26. The molecule has 1 N–H and O–H groups in total. The molecule has 2 aromatic heterocycles. The van der Waals surface area contributed by atoms with Gasteiger partial charge >= 0.3 is 0 Å². The van der Waals surface area contributed by atoms with Crippen molar-refractivity contribution in [2.45, 2.75) is 23.8 Å². The number of nitrogens with zero attached hydrogens (tertiary/aromatic N) is 2. The molecule has 2 heterocycles. The van der Waals surface area contributed by atoms with Crippen LogP contribution in [0, 0.1) is 6.92 Å². The third-order valence-electron chi connectivity index (χ3n) is 2.12. The van der Waals surface area contributed by atoms with Crippen LogP contribution in [0.4, 0.5) is 5.82 Å². The first kappa shape index (κ1) is 12.4. The average molecular weight is 314 g/mol. The third kappa shape index (κ3) is 2.81. The summed E-state index contributed by atoms with van der Waals surface area (Å²) >= 11 is 5.07. The second-order valence-electron chi connectivity index (χ2n) is 3.31. The molecule has 6 heteroatoms. The quantitative estimate of drug-likeness (QED) is 0.872. The molecule has 0 aliphatic carbocycles. The van der Waals surface area contributed by atoms with Crippen LogP contribution in [0.5, 0.6) is 0 Å². The van der Waals surface area contributed by atoms with Gasteiger partial charge in [-0.15, -0.1) is 0 Å². The van der Waals surface area contributed by atoms with Crippen molar-refractivity contribution < 1.29 is 4.42 Å². The van der Waals surface area contributed by atoms with E-state index in [0.29, 0.717) is 0 Å². The first-order valence-electron chi connectivity index (χ1n) is 5.18. The number of hydrogen-bond donors (Lipinski definition) is 1. The number of aryl methyl sites for hydroxylation is 1. The molecule has 0 aromatic carbocycles. The molecule has 0 saturated carbocycles. The summed E-state index contributed by atoms with van der Waals surface area (Å²) in [6, 6.07) is 1.93. The van der Waals surface area contributed by atoms with Gasteiger partial charge in [-0.25, -0.2) is 9.97 Å². The topological polar surface area (TPSA) is 51.0 Å². The summed E-state index contributed by atoms with van der Waals surface area (Å²) in [6.07, 6.45) is 3.23. The Morgan fingerprint density at radius 1 is 1.47 bits per heavy atom. The molecule has 0 bridgehead atoms. The van der Waals surface area contributed by atoms with Gasteiger partial charge in [-0.1, -0.05) is 11.8 Å². The van der Waals surface area contributed by atoms with Crippen molar-refractivity contribution in [1.29, 1.82) is 0 Å². The minimum absolute atomic E-state index is 0.811. The molecule has 2 rings (SSSR count). The van der Waals surface area contributed by atoms with E-state index in [4.69, 9.17) is 4.42 Å². The van der Waals surface area contributed by atoms with Crippen LogP contribution in [0.3, 0.4) is 0 Å². The molecule has 0 fully saturated rings. The molecule has 90 valence electrons. The standard InChI is InChI=1S/C11H12BrN3OS/c1-3-13-10-9(12)11(15-6-14-10)17-8-4-5-16-7(8)2/h4-6H,3H2,1-2H3,(H,13,14,15). The van der Waals surface area contributed by atoms with Gasteiger partial charge in [-0.05, 0) is 35.8 Å². The van der Waals surface area contributed by atoms with E-state index in [1.165, 1.54) is 0 Å². The van der Waals surface area contributed by atoms with Crippen molar-refractivity contribution in [3.8, 4) is 0 Å². The van der Waals surface area contributed by atoms with Crippen LogP contribution in [0.25, 0.3) is 0 Å². The van der Waals surface area contributed by atoms with E-state index in [-0.39, 0.29) is 0 Å². The first-order chi connectivity index (χ1) is 8.22. The highest BCUT2D eigenvalue weighted by Gasteiger charge is 2.11. The molecule has 0 amide bonds. The molecular weight excluding hydrogens is 302 g/mol. The number of anilines is 1. The number of hydrogen-bond acceptors (Lipinski definition) is 5. The zero-order valence-electron chi connectivity index (χ0n) is 9.53. The van der Waals surface area contributed by atoms with Crippen molar-refractivity contribution in [3.63, 3.8) is 0 Å². The van der Waals surface area contributed by atoms with E-state index in [0.717, 1.165) is 32.5 Å². The van der Waals surface area contributed by atoms with E-state index in [2.05, 4.69) is 31.2 Å². The summed E-state index contributed by atoms with van der Waals surface area (Å²) in [5.41, 5.74) is 0. The van der Waals surface area contributed by atoms with E-state index < -0.39 is 0 Å². The van der Waals surface area contributed by atoms with E-state index >= 15 is 0 Å². The number of rotatable bonds is 4. The van der Waals surface area contributed by atoms with Gasteiger partial charge in [0.1, 0.15) is 22.9 Å². The van der Waals surface area contributed by atoms with Crippen LogP contribution in [0.1, 0.15) is 12.7 Å². The Hall–Kier alpha value is -1.01. The molecule has 4 nitrogen and oxygen atoms in total. The van der Waals surface area contributed by atoms with Gasteiger partial charge in [0.15, 0.2) is 0 Å². The summed E-state index contributed by atoms with van der Waals surface area (Å²) < 4.78 is 6.14. The van der Waals surface area contributed by atoms with Gasteiger partial charge in [-0.3, -0.25) is 0 Å². The molecule has 0 radical (unpaired) electrons. The van der Waals surface area contributed by atoms with Crippen LogP contribution in [0.15, 0.2) is 37.5 Å². The summed E-state index contributed by atoms with van der Waals surface area (Å²) in [5, 5.41) is 4.05. The fourth-order valence-electron chi connectivity index (χ4n) is 1.30. The molecule has 0 saturated heterocycles. The van der Waals surface area contributed by atoms with Crippen molar-refractivity contribution in [1.82, 2.24) is 9.97 Å². The Morgan fingerprint density at radius 3 is 2.94 bits per heavy atom. The van der Waals surface area contributed by atoms with Gasteiger partial charge in [0.25, 0.3) is 0 Å². The lowest BCUT2D eigenvalue weighted by Crippen LogP contribution is -2.01. The highest BCUT2D eigenvalue weighted by Crippen LogP contribution is 2.36. The predicted octanol–water partition coefficient (Wildman–Crippen LogP) is 3.72. The summed E-state index contributed by atoms with van der Waals surface area (Å²) in [7, 11) is 0. The SMILES string of the molecule is CCNc1ncnc(Sc2ccoc2C)c1Br. The molecule has 0 aliphatic rings. The zero-order valence-corrected chi connectivity index (χ0v) is 11.9. The lowest BCUT2D eigenvalue weighted by molar-refractivity contribution is 0.527. The lowest BCUT2D eigenvalue weighted by atomic mass is 10.5. The third-order valence-corrected chi connectivity index (χ3v) is 4.28. The smallest absolute Gasteiger partial charge is 0.144 e. The minimum Gasteiger partial charge on any atom is -0.468 e. The van der Waals surface area contributed by atoms with E-state index in [1.54, 1.807) is 24.4 Å². The van der Waals surface area contributed by atoms with Crippen LogP contribution < -0.4 is 5.32 Å². The number of furan rings is 1. The second kappa shape index (κ2) is 5.55. The van der Waals surface area contributed by atoms with Crippen LogP contribution in [0.2, 0.25) is 0 Å². The van der Waals surface area contributed by atoms with Crippen LogP contribution >= 0.6 is 27.7 Å². The highest BCUT2D eigenvalue weighted by molar-refractivity contribution is 9.10. The van der Waals surface area contributed by atoms with Crippen molar-refractivity contribution in [2.75, 3.05) is 11.9 Å². The Balaban J connectivity index is 2.27. The Kier molecular flexibility index (Phi) is 4.06. The molecule has 0 unspecified atom stereocenters. The maximum Gasteiger partial charge on any atom is 0.144 e. The fourth-order valence-corrected chi connectivity index (χ4v) is 2.70. The summed E-state index contributed by atoms with van der Waals surface area (Å²) in [6.45, 7) is 4.79. The van der Waals surface area contributed by atoms with Gasteiger partial charge in [0.2, 0.25) is 0 Å². The monoisotopic (exact) mass is 313 g/mol. The summed E-state index contributed by atoms with van der Waals surface area (Å²) in [5.74, 6) is 1.71. The Bertz CT molecular complexity index is 515. The van der Waals surface area contributed by atoms with Gasteiger partial charge in [0, 0.05) is 6.54 Å². The maximum absolute atomic E-state index is 5.26. The predicted molar refractivity (Wildman–Crippen MR) is 71.5 cm³/mol.